The van der Waals surface area contributed by atoms with E-state index in [-0.39, 0.29) is 11.5 Å². The van der Waals surface area contributed by atoms with Crippen molar-refractivity contribution in [1.82, 2.24) is 4.98 Å². The Bertz CT molecular complexity index is 1060. The number of carboxylic acid groups (broad SMARTS) is 1. The van der Waals surface area contributed by atoms with Gasteiger partial charge in [-0.3, -0.25) is 9.63 Å². The molecule has 1 aliphatic heterocycles. The number of carbonyl (C=O) groups is 2. The lowest BCUT2D eigenvalue weighted by Gasteiger charge is -2.36. The highest BCUT2D eigenvalue weighted by Gasteiger charge is 2.21. The lowest BCUT2D eigenvalue weighted by Crippen LogP contribution is -2.46. The number of rotatable bonds is 6. The molecule has 1 saturated heterocycles. The molecule has 2 aromatic carbocycles. The topological polar surface area (TPSA) is 86.2 Å². The minimum absolute atomic E-state index is 0.283. The molecule has 3 aromatic rings. The number of benzene rings is 2. The first-order valence-electron chi connectivity index (χ1n) is 10.3. The Hall–Kier alpha value is -3.91. The van der Waals surface area contributed by atoms with Crippen molar-refractivity contribution in [3.05, 3.63) is 84.1 Å². The summed E-state index contributed by atoms with van der Waals surface area (Å²) in [6.07, 6.45) is 1.57. The fourth-order valence-electron chi connectivity index (χ4n) is 3.69. The molecule has 0 unspecified atom stereocenters. The van der Waals surface area contributed by atoms with Crippen LogP contribution in [0.2, 0.25) is 0 Å². The van der Waals surface area contributed by atoms with Crippen LogP contribution in [0.4, 0.5) is 17.2 Å². The van der Waals surface area contributed by atoms with E-state index in [1.165, 1.54) is 12.2 Å². The summed E-state index contributed by atoms with van der Waals surface area (Å²) in [4.78, 5) is 38.0. The molecule has 4 rings (SSSR count). The molecule has 1 amide bonds. The van der Waals surface area contributed by atoms with E-state index in [9.17, 15) is 9.59 Å². The summed E-state index contributed by atoms with van der Waals surface area (Å²) < 4.78 is 0. The monoisotopic (exact) mass is 432 g/mol. The number of hydroxylamine groups is 1. The van der Waals surface area contributed by atoms with Gasteiger partial charge in [0, 0.05) is 38.1 Å². The molecule has 8 heteroatoms. The number of hydrogen-bond donors (Lipinski definition) is 1. The summed E-state index contributed by atoms with van der Waals surface area (Å²) in [5.41, 5.74) is 2.38. The number of nitrogens with zero attached hydrogens (tertiary/aromatic N) is 4. The Balaban J connectivity index is 1.38. The van der Waals surface area contributed by atoms with Gasteiger partial charge in [-0.15, -0.1) is 0 Å². The van der Waals surface area contributed by atoms with Crippen molar-refractivity contribution < 1.29 is 19.5 Å². The zero-order valence-electron chi connectivity index (χ0n) is 17.7. The predicted molar refractivity (Wildman–Crippen MR) is 122 cm³/mol. The Kier molecular flexibility index (Phi) is 6.32. The van der Waals surface area contributed by atoms with E-state index in [1.54, 1.807) is 36.5 Å². The number of carbonyl (C=O) groups excluding carboxylic acids is 1. The zero-order valence-corrected chi connectivity index (χ0v) is 17.7. The van der Waals surface area contributed by atoms with Gasteiger partial charge in [0.1, 0.15) is 5.82 Å². The highest BCUT2D eigenvalue weighted by atomic mass is 16.7. The molecule has 32 heavy (non-hydrogen) atoms. The Morgan fingerprint density at radius 1 is 0.875 bits per heavy atom. The van der Waals surface area contributed by atoms with E-state index in [1.807, 2.05) is 36.4 Å². The van der Waals surface area contributed by atoms with Gasteiger partial charge in [0.15, 0.2) is 0 Å². The maximum Gasteiger partial charge on any atom is 0.335 e. The van der Waals surface area contributed by atoms with Gasteiger partial charge in [0.05, 0.1) is 23.9 Å². The number of anilines is 3. The molecular weight excluding hydrogens is 408 g/mol. The minimum Gasteiger partial charge on any atom is -0.478 e. The van der Waals surface area contributed by atoms with Crippen LogP contribution < -0.4 is 14.9 Å². The molecule has 0 spiro atoms. The standard InChI is InChI=1S/C24H24N4O4/c1-32-28(21-5-3-2-4-6-21)23(29)19-9-12-22(25-17-19)27-15-13-26(14-16-27)20-10-7-18(8-11-20)24(30)31/h2-12,17H,13-16H2,1H3,(H,30,31). The number of pyridine rings is 1. The molecule has 1 aromatic heterocycles. The second-order valence-electron chi connectivity index (χ2n) is 7.35. The summed E-state index contributed by atoms with van der Waals surface area (Å²) in [7, 11) is 1.46. The summed E-state index contributed by atoms with van der Waals surface area (Å²) >= 11 is 0. The van der Waals surface area contributed by atoms with E-state index in [4.69, 9.17) is 9.94 Å². The van der Waals surface area contributed by atoms with Crippen molar-refractivity contribution in [2.24, 2.45) is 0 Å². The molecule has 1 N–H and O–H groups in total. The van der Waals surface area contributed by atoms with Crippen molar-refractivity contribution in [2.45, 2.75) is 0 Å². The molecule has 0 saturated carbocycles. The summed E-state index contributed by atoms with van der Waals surface area (Å²) in [6, 6.07) is 19.7. The van der Waals surface area contributed by atoms with Gasteiger partial charge in [0.2, 0.25) is 0 Å². The number of aromatic carboxylic acids is 1. The summed E-state index contributed by atoms with van der Waals surface area (Å²) in [5, 5.41) is 10.3. The average Bonchev–Trinajstić information content (AvgIpc) is 2.85. The lowest BCUT2D eigenvalue weighted by molar-refractivity contribution is 0.0696. The van der Waals surface area contributed by atoms with Crippen molar-refractivity contribution >= 4 is 29.1 Å². The normalized spacial score (nSPS) is 13.7. The average molecular weight is 432 g/mol. The Labute approximate surface area is 186 Å². The first-order valence-corrected chi connectivity index (χ1v) is 10.3. The minimum atomic E-state index is -0.924. The van der Waals surface area contributed by atoms with Crippen LogP contribution in [-0.2, 0) is 4.84 Å². The third-order valence-electron chi connectivity index (χ3n) is 5.44. The first-order chi connectivity index (χ1) is 15.6. The molecular formula is C24H24N4O4. The van der Waals surface area contributed by atoms with Gasteiger partial charge in [-0.2, -0.15) is 5.06 Å². The predicted octanol–water partition coefficient (Wildman–Crippen LogP) is 3.31. The maximum atomic E-state index is 12.8. The second-order valence-corrected chi connectivity index (χ2v) is 7.35. The Morgan fingerprint density at radius 3 is 2.06 bits per heavy atom. The number of piperazine rings is 1. The van der Waals surface area contributed by atoms with Gasteiger partial charge >= 0.3 is 5.97 Å². The maximum absolute atomic E-state index is 12.8. The molecule has 0 radical (unpaired) electrons. The summed E-state index contributed by atoms with van der Waals surface area (Å²) in [5.74, 6) is -0.398. The number of hydrogen-bond acceptors (Lipinski definition) is 6. The number of amides is 1. The Morgan fingerprint density at radius 2 is 1.50 bits per heavy atom. The van der Waals surface area contributed by atoms with Gasteiger partial charge in [0.25, 0.3) is 5.91 Å². The van der Waals surface area contributed by atoms with E-state index >= 15 is 0 Å². The van der Waals surface area contributed by atoms with E-state index in [0.717, 1.165) is 37.7 Å². The van der Waals surface area contributed by atoms with Crippen LogP contribution in [0.5, 0.6) is 0 Å². The van der Waals surface area contributed by atoms with E-state index in [0.29, 0.717) is 11.3 Å². The van der Waals surface area contributed by atoms with Crippen molar-refractivity contribution in [2.75, 3.05) is 48.2 Å². The van der Waals surface area contributed by atoms with Crippen LogP contribution in [0, 0.1) is 0 Å². The SMILES string of the molecule is CON(C(=O)c1ccc(N2CCN(c3ccc(C(=O)O)cc3)CC2)nc1)c1ccccc1. The van der Waals surface area contributed by atoms with Crippen molar-refractivity contribution in [3.63, 3.8) is 0 Å². The van der Waals surface area contributed by atoms with E-state index < -0.39 is 5.97 Å². The molecule has 8 nitrogen and oxygen atoms in total. The molecule has 0 atom stereocenters. The number of para-hydroxylation sites is 1. The zero-order chi connectivity index (χ0) is 22.5. The van der Waals surface area contributed by atoms with Crippen LogP contribution >= 0.6 is 0 Å². The van der Waals surface area contributed by atoms with Crippen LogP contribution in [-0.4, -0.2) is 55.3 Å². The van der Waals surface area contributed by atoms with Gasteiger partial charge in [-0.05, 0) is 48.5 Å². The molecule has 2 heterocycles. The van der Waals surface area contributed by atoms with Crippen molar-refractivity contribution in [1.29, 1.82) is 0 Å². The largest absolute Gasteiger partial charge is 0.478 e. The smallest absolute Gasteiger partial charge is 0.335 e. The van der Waals surface area contributed by atoms with Gasteiger partial charge in [-0.25, -0.2) is 9.78 Å². The van der Waals surface area contributed by atoms with Gasteiger partial charge < -0.3 is 14.9 Å². The molecule has 164 valence electrons. The molecule has 0 aliphatic carbocycles. The molecule has 1 fully saturated rings. The van der Waals surface area contributed by atoms with Crippen molar-refractivity contribution in [3.8, 4) is 0 Å². The second kappa shape index (κ2) is 9.49. The third kappa shape index (κ3) is 4.55. The van der Waals surface area contributed by atoms with Crippen LogP contribution in [0.15, 0.2) is 72.9 Å². The number of carboxylic acids is 1. The lowest BCUT2D eigenvalue weighted by atomic mass is 10.2. The van der Waals surface area contributed by atoms with Crippen LogP contribution in [0.1, 0.15) is 20.7 Å². The highest BCUT2D eigenvalue weighted by molar-refractivity contribution is 6.04. The van der Waals surface area contributed by atoms with Crippen LogP contribution in [0.25, 0.3) is 0 Å². The van der Waals surface area contributed by atoms with E-state index in [2.05, 4.69) is 14.8 Å². The van der Waals surface area contributed by atoms with Gasteiger partial charge in [-0.1, -0.05) is 18.2 Å². The summed E-state index contributed by atoms with van der Waals surface area (Å²) in [6.45, 7) is 3.13. The third-order valence-corrected chi connectivity index (χ3v) is 5.44. The highest BCUT2D eigenvalue weighted by Crippen LogP contribution is 2.21. The fraction of sp³-hybridized carbons (Fsp3) is 0.208. The number of aromatic nitrogens is 1. The molecule has 0 bridgehead atoms. The quantitative estimate of drug-likeness (QED) is 0.598. The van der Waals surface area contributed by atoms with Crippen LogP contribution in [0.3, 0.4) is 0 Å². The fourth-order valence-corrected chi connectivity index (χ4v) is 3.69. The first kappa shape index (κ1) is 21.3. The molecule has 1 aliphatic rings.